The minimum atomic E-state index is 0.264. The monoisotopic (exact) mass is 150 g/mol. The topological polar surface area (TPSA) is 14.1 Å². The van der Waals surface area contributed by atoms with Crippen molar-refractivity contribution in [2.45, 2.75) is 33.1 Å². The molecular formula is C10H16N+. The van der Waals surface area contributed by atoms with E-state index >= 15 is 0 Å². The first-order valence-corrected chi connectivity index (χ1v) is 3.99. The number of H-pyrrole nitrogens is 1. The van der Waals surface area contributed by atoms with Crippen LogP contribution in [0.25, 0.3) is 0 Å². The summed E-state index contributed by atoms with van der Waals surface area (Å²) in [6.45, 7) is 8.75. The van der Waals surface area contributed by atoms with E-state index < -0.39 is 0 Å². The van der Waals surface area contributed by atoms with Crippen molar-refractivity contribution >= 4 is 0 Å². The number of hydrogen-bond donors (Lipinski definition) is 0. The quantitative estimate of drug-likeness (QED) is 0.538. The van der Waals surface area contributed by atoms with E-state index in [9.17, 15) is 0 Å². The van der Waals surface area contributed by atoms with Crippen LogP contribution < -0.4 is 4.98 Å². The highest BCUT2D eigenvalue weighted by Gasteiger charge is 2.14. The van der Waals surface area contributed by atoms with Crippen molar-refractivity contribution in [3.05, 3.63) is 29.6 Å². The molecule has 0 aliphatic rings. The van der Waals surface area contributed by atoms with Crippen LogP contribution in [0.1, 0.15) is 32.0 Å². The fourth-order valence-corrected chi connectivity index (χ4v) is 1.05. The third-order valence-electron chi connectivity index (χ3n) is 1.81. The Balaban J connectivity index is 3.06. The van der Waals surface area contributed by atoms with Gasteiger partial charge >= 0.3 is 0 Å². The van der Waals surface area contributed by atoms with Crippen LogP contribution in [0.4, 0.5) is 0 Å². The molecule has 1 heteroatoms. The Labute approximate surface area is 68.5 Å². The van der Waals surface area contributed by atoms with E-state index in [-0.39, 0.29) is 5.41 Å². The van der Waals surface area contributed by atoms with Crippen LogP contribution in [0.3, 0.4) is 0 Å². The average molecular weight is 150 g/mol. The normalized spacial score (nSPS) is 11.6. The molecule has 1 nitrogen and oxygen atoms in total. The molecule has 1 rings (SSSR count). The lowest BCUT2D eigenvalue weighted by Gasteiger charge is -2.17. The third-order valence-corrected chi connectivity index (χ3v) is 1.81. The number of aromatic nitrogens is 1. The molecule has 0 atom stereocenters. The molecule has 11 heavy (non-hydrogen) atoms. The van der Waals surface area contributed by atoms with Crippen molar-refractivity contribution in [1.82, 2.24) is 0 Å². The molecule has 0 fully saturated rings. The Morgan fingerprint density at radius 2 is 1.91 bits per heavy atom. The predicted octanol–water partition coefficient (Wildman–Crippen LogP) is 2.11. The molecule has 0 aromatic carbocycles. The lowest BCUT2D eigenvalue weighted by Crippen LogP contribution is -2.15. The summed E-state index contributed by atoms with van der Waals surface area (Å²) < 4.78 is 0. The second-order valence-corrected chi connectivity index (χ2v) is 4.01. The van der Waals surface area contributed by atoms with Crippen LogP contribution in [0, 0.1) is 6.92 Å². The second kappa shape index (κ2) is 2.65. The molecule has 0 spiro atoms. The van der Waals surface area contributed by atoms with Gasteiger partial charge in [0.05, 0.1) is 0 Å². The summed E-state index contributed by atoms with van der Waals surface area (Å²) in [4.78, 5) is 3.14. The van der Waals surface area contributed by atoms with Crippen LogP contribution >= 0.6 is 0 Å². The largest absolute Gasteiger partial charge is 0.215 e. The SMILES string of the molecule is Cc1cc(C(C)(C)C)cc[nH+]1. The maximum Gasteiger partial charge on any atom is 0.176 e. The van der Waals surface area contributed by atoms with E-state index in [1.54, 1.807) is 0 Å². The molecule has 0 amide bonds. The number of nitrogens with one attached hydrogen (secondary N) is 1. The van der Waals surface area contributed by atoms with Crippen molar-refractivity contribution in [3.63, 3.8) is 0 Å². The molecule has 1 aromatic heterocycles. The summed E-state index contributed by atoms with van der Waals surface area (Å²) in [6.07, 6.45) is 2.00. The fraction of sp³-hybridized carbons (Fsp3) is 0.500. The van der Waals surface area contributed by atoms with Crippen molar-refractivity contribution < 1.29 is 4.98 Å². The third kappa shape index (κ3) is 2.04. The number of rotatable bonds is 0. The van der Waals surface area contributed by atoms with Gasteiger partial charge in [0, 0.05) is 19.1 Å². The van der Waals surface area contributed by atoms with Gasteiger partial charge < -0.3 is 0 Å². The predicted molar refractivity (Wildman–Crippen MR) is 46.4 cm³/mol. The highest BCUT2D eigenvalue weighted by molar-refractivity contribution is 5.20. The first-order valence-electron chi connectivity index (χ1n) is 3.99. The summed E-state index contributed by atoms with van der Waals surface area (Å²) in [7, 11) is 0. The van der Waals surface area contributed by atoms with E-state index in [1.165, 1.54) is 11.3 Å². The molecule has 0 aliphatic heterocycles. The van der Waals surface area contributed by atoms with E-state index in [4.69, 9.17) is 0 Å². The molecule has 1 heterocycles. The maximum atomic E-state index is 3.14. The first-order chi connectivity index (χ1) is 5.00. The summed E-state index contributed by atoms with van der Waals surface area (Å²) in [5.74, 6) is 0. The zero-order valence-electron chi connectivity index (χ0n) is 7.73. The van der Waals surface area contributed by atoms with Gasteiger partial charge in [0.2, 0.25) is 0 Å². The minimum absolute atomic E-state index is 0.264. The summed E-state index contributed by atoms with van der Waals surface area (Å²) in [5, 5.41) is 0. The standard InChI is InChI=1S/C10H15N/c1-8-7-9(5-6-11-8)10(2,3)4/h5-7H,1-4H3/p+1. The summed E-state index contributed by atoms with van der Waals surface area (Å²) in [6, 6.07) is 4.33. The van der Waals surface area contributed by atoms with Gasteiger partial charge in [-0.05, 0) is 11.0 Å². The lowest BCUT2D eigenvalue weighted by molar-refractivity contribution is -0.387. The van der Waals surface area contributed by atoms with Crippen LogP contribution in [-0.4, -0.2) is 0 Å². The zero-order valence-corrected chi connectivity index (χ0v) is 7.73. The summed E-state index contributed by atoms with van der Waals surface area (Å²) in [5.41, 5.74) is 2.87. The lowest BCUT2D eigenvalue weighted by atomic mass is 9.87. The highest BCUT2D eigenvalue weighted by atomic mass is 14.6. The van der Waals surface area contributed by atoms with Gasteiger partial charge in [-0.3, -0.25) is 0 Å². The Kier molecular flexibility index (Phi) is 1.99. The second-order valence-electron chi connectivity index (χ2n) is 4.01. The molecule has 0 bridgehead atoms. The number of aromatic amines is 1. The van der Waals surface area contributed by atoms with E-state index in [0.29, 0.717) is 0 Å². The first kappa shape index (κ1) is 8.25. The Bertz CT molecular complexity index is 245. The van der Waals surface area contributed by atoms with Gasteiger partial charge in [0.1, 0.15) is 0 Å². The molecule has 0 saturated carbocycles. The molecule has 0 unspecified atom stereocenters. The van der Waals surface area contributed by atoms with E-state index in [0.717, 1.165) is 0 Å². The van der Waals surface area contributed by atoms with Gasteiger partial charge in [-0.2, -0.15) is 0 Å². The Morgan fingerprint density at radius 3 is 2.27 bits per heavy atom. The van der Waals surface area contributed by atoms with Crippen LogP contribution in [0.5, 0.6) is 0 Å². The zero-order chi connectivity index (χ0) is 8.48. The molecular weight excluding hydrogens is 134 g/mol. The van der Waals surface area contributed by atoms with Crippen LogP contribution in [0.2, 0.25) is 0 Å². The van der Waals surface area contributed by atoms with Crippen molar-refractivity contribution in [1.29, 1.82) is 0 Å². The Morgan fingerprint density at radius 1 is 1.27 bits per heavy atom. The maximum absolute atomic E-state index is 3.14. The molecule has 0 radical (unpaired) electrons. The van der Waals surface area contributed by atoms with Gasteiger partial charge in [0.15, 0.2) is 11.9 Å². The highest BCUT2D eigenvalue weighted by Crippen LogP contribution is 2.20. The van der Waals surface area contributed by atoms with Crippen molar-refractivity contribution in [2.24, 2.45) is 0 Å². The fourth-order valence-electron chi connectivity index (χ4n) is 1.05. The molecule has 1 aromatic rings. The number of hydrogen-bond acceptors (Lipinski definition) is 0. The van der Waals surface area contributed by atoms with Crippen molar-refractivity contribution in [2.75, 3.05) is 0 Å². The van der Waals surface area contributed by atoms with Gasteiger partial charge in [0.25, 0.3) is 0 Å². The van der Waals surface area contributed by atoms with Gasteiger partial charge in [-0.25, -0.2) is 4.98 Å². The summed E-state index contributed by atoms with van der Waals surface area (Å²) >= 11 is 0. The van der Waals surface area contributed by atoms with E-state index in [2.05, 4.69) is 44.8 Å². The van der Waals surface area contributed by atoms with E-state index in [1.807, 2.05) is 6.20 Å². The minimum Gasteiger partial charge on any atom is -0.215 e. The van der Waals surface area contributed by atoms with Crippen LogP contribution in [0.15, 0.2) is 18.3 Å². The van der Waals surface area contributed by atoms with Gasteiger partial charge in [-0.1, -0.05) is 20.8 Å². The van der Waals surface area contributed by atoms with Crippen LogP contribution in [-0.2, 0) is 5.41 Å². The molecule has 60 valence electrons. The molecule has 0 aliphatic carbocycles. The van der Waals surface area contributed by atoms with Gasteiger partial charge in [-0.15, -0.1) is 0 Å². The average Bonchev–Trinajstić information content (AvgIpc) is 1.86. The van der Waals surface area contributed by atoms with Crippen molar-refractivity contribution in [3.8, 4) is 0 Å². The Hall–Kier alpha value is -0.850. The number of aryl methyl sites for hydroxylation is 1. The number of pyridine rings is 1. The molecule has 0 saturated heterocycles. The molecule has 1 N–H and O–H groups in total. The smallest absolute Gasteiger partial charge is 0.176 e.